The van der Waals surface area contributed by atoms with Crippen molar-refractivity contribution in [3.05, 3.63) is 83.1 Å². The molecule has 0 aliphatic rings. The molecule has 9 nitrogen and oxygen atoms in total. The second-order valence-corrected chi connectivity index (χ2v) is 9.03. The minimum Gasteiger partial charge on any atom is -0.495 e. The summed E-state index contributed by atoms with van der Waals surface area (Å²) in [4.78, 5) is 25.0. The van der Waals surface area contributed by atoms with E-state index in [9.17, 15) is 22.4 Å². The summed E-state index contributed by atoms with van der Waals surface area (Å²) < 4.78 is 52.6. The third-order valence-corrected chi connectivity index (χ3v) is 6.50. The van der Waals surface area contributed by atoms with Gasteiger partial charge in [0.2, 0.25) is 5.91 Å². The van der Waals surface area contributed by atoms with Crippen LogP contribution in [0.25, 0.3) is 11.1 Å². The number of halogens is 1. The van der Waals surface area contributed by atoms with Crippen LogP contribution >= 0.6 is 0 Å². The SMILES string of the molecule is COc1ccc(NC(=O)C(C)n2c(=O)oc3ccccc32)cc1NS(=O)(=O)c1ccc(F)cc1. The number of amides is 1. The number of carbonyl (C=O) groups is 1. The Kier molecular flexibility index (Phi) is 6.12. The van der Waals surface area contributed by atoms with Crippen LogP contribution in [0.2, 0.25) is 0 Å². The van der Waals surface area contributed by atoms with Crippen molar-refractivity contribution in [2.24, 2.45) is 0 Å². The number of aromatic nitrogens is 1. The molecular formula is C23H20FN3O6S. The van der Waals surface area contributed by atoms with Crippen LogP contribution in [0.15, 0.2) is 80.8 Å². The Morgan fingerprint density at radius 3 is 2.50 bits per heavy atom. The van der Waals surface area contributed by atoms with Crippen LogP contribution in [-0.2, 0) is 14.8 Å². The number of carbonyl (C=O) groups excluding carboxylic acids is 1. The van der Waals surface area contributed by atoms with Gasteiger partial charge < -0.3 is 14.5 Å². The normalized spacial score (nSPS) is 12.3. The Bertz CT molecular complexity index is 1530. The predicted octanol–water partition coefficient (Wildman–Crippen LogP) is 3.74. The molecule has 1 heterocycles. The Balaban J connectivity index is 1.60. The molecule has 1 unspecified atom stereocenters. The highest BCUT2D eigenvalue weighted by Gasteiger charge is 2.22. The van der Waals surface area contributed by atoms with Crippen molar-refractivity contribution in [3.8, 4) is 5.75 Å². The molecule has 0 saturated heterocycles. The Hall–Kier alpha value is -4.12. The molecule has 0 aliphatic carbocycles. The van der Waals surface area contributed by atoms with Crippen molar-refractivity contribution in [3.63, 3.8) is 0 Å². The lowest BCUT2D eigenvalue weighted by molar-refractivity contribution is -0.118. The van der Waals surface area contributed by atoms with Crippen LogP contribution in [0.3, 0.4) is 0 Å². The molecule has 0 spiro atoms. The number of benzene rings is 3. The first kappa shape index (κ1) is 23.1. The molecule has 4 aromatic rings. The fraction of sp³-hybridized carbons (Fsp3) is 0.130. The Labute approximate surface area is 193 Å². The van der Waals surface area contributed by atoms with Gasteiger partial charge in [0.05, 0.1) is 23.2 Å². The van der Waals surface area contributed by atoms with Crippen LogP contribution in [-0.4, -0.2) is 26.0 Å². The van der Waals surface area contributed by atoms with Gasteiger partial charge in [-0.3, -0.25) is 14.1 Å². The van der Waals surface area contributed by atoms with E-state index in [-0.39, 0.29) is 22.0 Å². The summed E-state index contributed by atoms with van der Waals surface area (Å²) in [7, 11) is -2.69. The van der Waals surface area contributed by atoms with Crippen LogP contribution in [0.1, 0.15) is 13.0 Å². The number of ether oxygens (including phenoxy) is 1. The van der Waals surface area contributed by atoms with E-state index in [0.717, 1.165) is 24.3 Å². The first-order valence-corrected chi connectivity index (χ1v) is 11.6. The van der Waals surface area contributed by atoms with Crippen LogP contribution in [0.4, 0.5) is 15.8 Å². The maximum Gasteiger partial charge on any atom is 0.420 e. The summed E-state index contributed by atoms with van der Waals surface area (Å²) in [5.74, 6) is -1.56. The molecule has 0 fully saturated rings. The highest BCUT2D eigenvalue weighted by Crippen LogP contribution is 2.30. The van der Waals surface area contributed by atoms with E-state index in [1.165, 1.54) is 29.9 Å². The van der Waals surface area contributed by atoms with Crippen molar-refractivity contribution >= 4 is 38.4 Å². The van der Waals surface area contributed by atoms with Crippen molar-refractivity contribution in [2.75, 3.05) is 17.1 Å². The number of nitrogens with zero attached hydrogens (tertiary/aromatic N) is 1. The number of rotatable bonds is 7. The molecule has 4 rings (SSSR count). The number of oxazole rings is 1. The largest absolute Gasteiger partial charge is 0.495 e. The van der Waals surface area contributed by atoms with E-state index in [0.29, 0.717) is 11.1 Å². The van der Waals surface area contributed by atoms with Crippen LogP contribution < -0.4 is 20.5 Å². The standard InChI is InChI=1S/C23H20FN3O6S/c1-14(27-19-5-3-4-6-21(19)33-23(27)29)22(28)25-16-9-12-20(32-2)18(13-16)26-34(30,31)17-10-7-15(24)8-11-17/h3-14,26H,1-2H3,(H,25,28). The van der Waals surface area contributed by atoms with E-state index in [1.54, 1.807) is 31.2 Å². The molecule has 1 atom stereocenters. The van der Waals surface area contributed by atoms with E-state index < -0.39 is 33.5 Å². The maximum atomic E-state index is 13.2. The molecule has 0 saturated carbocycles. The summed E-state index contributed by atoms with van der Waals surface area (Å²) in [5.41, 5.74) is 1.14. The lowest BCUT2D eigenvalue weighted by Gasteiger charge is -2.16. The summed E-state index contributed by atoms with van der Waals surface area (Å²) in [6, 6.07) is 14.5. The number of methoxy groups -OCH3 is 1. The highest BCUT2D eigenvalue weighted by atomic mass is 32.2. The van der Waals surface area contributed by atoms with Gasteiger partial charge in [-0.15, -0.1) is 0 Å². The number of fused-ring (bicyclic) bond motifs is 1. The molecule has 34 heavy (non-hydrogen) atoms. The number of hydrogen-bond donors (Lipinski definition) is 2. The number of sulfonamides is 1. The molecule has 1 amide bonds. The van der Waals surface area contributed by atoms with Crippen LogP contribution in [0, 0.1) is 5.82 Å². The molecule has 2 N–H and O–H groups in total. The van der Waals surface area contributed by atoms with Crippen LogP contribution in [0.5, 0.6) is 5.75 Å². The minimum atomic E-state index is -4.06. The fourth-order valence-corrected chi connectivity index (χ4v) is 4.46. The molecule has 0 radical (unpaired) electrons. The first-order valence-electron chi connectivity index (χ1n) is 10.1. The fourth-order valence-electron chi connectivity index (χ4n) is 3.40. The molecule has 176 valence electrons. The number of para-hydroxylation sites is 2. The van der Waals surface area contributed by atoms with Crippen molar-refractivity contribution in [1.82, 2.24) is 4.57 Å². The predicted molar refractivity (Wildman–Crippen MR) is 124 cm³/mol. The average molecular weight is 485 g/mol. The van der Waals surface area contributed by atoms with E-state index in [1.807, 2.05) is 0 Å². The number of hydrogen-bond acceptors (Lipinski definition) is 6. The van der Waals surface area contributed by atoms with E-state index in [4.69, 9.17) is 9.15 Å². The lowest BCUT2D eigenvalue weighted by atomic mass is 10.2. The molecule has 3 aromatic carbocycles. The summed E-state index contributed by atoms with van der Waals surface area (Å²) >= 11 is 0. The Morgan fingerprint density at radius 1 is 1.09 bits per heavy atom. The minimum absolute atomic E-state index is 0.0585. The number of nitrogens with one attached hydrogen (secondary N) is 2. The average Bonchev–Trinajstić information content (AvgIpc) is 3.14. The molecule has 0 bridgehead atoms. The van der Waals surface area contributed by atoms with Crippen molar-refractivity contribution in [2.45, 2.75) is 17.9 Å². The van der Waals surface area contributed by atoms with Gasteiger partial charge in [-0.2, -0.15) is 0 Å². The van der Waals surface area contributed by atoms with E-state index >= 15 is 0 Å². The van der Waals surface area contributed by atoms with Gasteiger partial charge in [0.25, 0.3) is 10.0 Å². The summed E-state index contributed by atoms with van der Waals surface area (Å²) in [6.07, 6.45) is 0. The zero-order chi connectivity index (χ0) is 24.5. The Morgan fingerprint density at radius 2 is 1.79 bits per heavy atom. The quantitative estimate of drug-likeness (QED) is 0.412. The monoisotopic (exact) mass is 485 g/mol. The van der Waals surface area contributed by atoms with Gasteiger partial charge >= 0.3 is 5.76 Å². The van der Waals surface area contributed by atoms with Gasteiger partial charge in [0, 0.05) is 5.69 Å². The van der Waals surface area contributed by atoms with E-state index in [2.05, 4.69) is 10.0 Å². The van der Waals surface area contributed by atoms with Gasteiger partial charge in [-0.1, -0.05) is 12.1 Å². The smallest absolute Gasteiger partial charge is 0.420 e. The summed E-state index contributed by atoms with van der Waals surface area (Å²) in [5, 5.41) is 2.67. The zero-order valence-corrected chi connectivity index (χ0v) is 18.9. The molecule has 11 heteroatoms. The van der Waals surface area contributed by atoms with Gasteiger partial charge in [0.15, 0.2) is 5.58 Å². The topological polar surface area (TPSA) is 120 Å². The highest BCUT2D eigenvalue weighted by molar-refractivity contribution is 7.92. The van der Waals surface area contributed by atoms with Crippen molar-refractivity contribution < 1.29 is 26.8 Å². The third-order valence-electron chi connectivity index (χ3n) is 5.12. The molecule has 0 aliphatic heterocycles. The van der Waals surface area contributed by atoms with Gasteiger partial charge in [0.1, 0.15) is 17.6 Å². The summed E-state index contributed by atoms with van der Waals surface area (Å²) in [6.45, 7) is 1.54. The zero-order valence-electron chi connectivity index (χ0n) is 18.1. The second-order valence-electron chi connectivity index (χ2n) is 7.35. The molecule has 1 aromatic heterocycles. The molecular weight excluding hydrogens is 465 g/mol. The maximum absolute atomic E-state index is 13.2. The van der Waals surface area contributed by atoms with Gasteiger partial charge in [-0.25, -0.2) is 17.6 Å². The third kappa shape index (κ3) is 4.50. The number of anilines is 2. The second kappa shape index (κ2) is 9.02. The van der Waals surface area contributed by atoms with Gasteiger partial charge in [-0.05, 0) is 61.5 Å². The lowest BCUT2D eigenvalue weighted by Crippen LogP contribution is -2.29. The van der Waals surface area contributed by atoms with Crippen molar-refractivity contribution in [1.29, 1.82) is 0 Å². The first-order chi connectivity index (χ1) is 16.2.